The van der Waals surface area contributed by atoms with E-state index in [0.717, 1.165) is 6.42 Å². The Morgan fingerprint density at radius 2 is 1.89 bits per heavy atom. The molecule has 0 saturated carbocycles. The Morgan fingerprint density at radius 3 is 2.33 bits per heavy atom. The molecule has 108 valence electrons. The van der Waals surface area contributed by atoms with Crippen LogP contribution in [0.4, 0.5) is 13.2 Å². The minimum Gasteiger partial charge on any atom is -0.311 e. The molecule has 18 heavy (non-hydrogen) atoms. The molecule has 0 amide bonds. The van der Waals surface area contributed by atoms with Gasteiger partial charge in [-0.3, -0.25) is 4.90 Å². The molecule has 1 saturated heterocycles. The normalized spacial score (nSPS) is 28.7. The van der Waals surface area contributed by atoms with E-state index in [-0.39, 0.29) is 18.0 Å². The number of hydrogen-bond acceptors (Lipinski definition) is 2. The van der Waals surface area contributed by atoms with Gasteiger partial charge < -0.3 is 5.32 Å². The van der Waals surface area contributed by atoms with Crippen molar-refractivity contribution >= 4 is 0 Å². The van der Waals surface area contributed by atoms with Gasteiger partial charge in [0, 0.05) is 25.2 Å². The van der Waals surface area contributed by atoms with Gasteiger partial charge in [-0.15, -0.1) is 0 Å². The molecule has 2 nitrogen and oxygen atoms in total. The van der Waals surface area contributed by atoms with Gasteiger partial charge in [-0.05, 0) is 11.8 Å². The summed E-state index contributed by atoms with van der Waals surface area (Å²) in [5.41, 5.74) is 0. The third-order valence-electron chi connectivity index (χ3n) is 3.98. The zero-order valence-corrected chi connectivity index (χ0v) is 11.7. The summed E-state index contributed by atoms with van der Waals surface area (Å²) in [5.74, 6) is 0.645. The van der Waals surface area contributed by atoms with Crippen molar-refractivity contribution < 1.29 is 13.2 Å². The van der Waals surface area contributed by atoms with E-state index >= 15 is 0 Å². The first-order valence-corrected chi connectivity index (χ1v) is 6.78. The summed E-state index contributed by atoms with van der Waals surface area (Å²) < 4.78 is 37.9. The van der Waals surface area contributed by atoms with Crippen LogP contribution < -0.4 is 5.32 Å². The molecule has 1 heterocycles. The molecule has 1 fully saturated rings. The number of piperazine rings is 1. The molecule has 1 aliphatic heterocycles. The molecule has 0 aromatic heterocycles. The van der Waals surface area contributed by atoms with Gasteiger partial charge in [0.1, 0.15) is 0 Å². The standard InChI is InChI=1S/C13H25F3N2/c1-5-10(4)12-6-17-11(9(2)3)7-18(12)8-13(14,15)16/h9-12,17H,5-8H2,1-4H3. The predicted molar refractivity (Wildman–Crippen MR) is 67.5 cm³/mol. The molecule has 0 aromatic rings. The van der Waals surface area contributed by atoms with Gasteiger partial charge in [0.25, 0.3) is 0 Å². The lowest BCUT2D eigenvalue weighted by molar-refractivity contribution is -0.157. The first-order chi connectivity index (χ1) is 8.24. The van der Waals surface area contributed by atoms with Crippen molar-refractivity contribution in [3.8, 4) is 0 Å². The van der Waals surface area contributed by atoms with Crippen LogP contribution in [0.2, 0.25) is 0 Å². The molecule has 1 aliphatic rings. The summed E-state index contributed by atoms with van der Waals surface area (Å²) in [7, 11) is 0. The number of halogens is 3. The number of rotatable bonds is 4. The summed E-state index contributed by atoms with van der Waals surface area (Å²) in [6, 6.07) is 0.152. The van der Waals surface area contributed by atoms with Crippen molar-refractivity contribution in [3.63, 3.8) is 0 Å². The minimum atomic E-state index is -4.11. The van der Waals surface area contributed by atoms with Crippen LogP contribution in [0.5, 0.6) is 0 Å². The Labute approximate surface area is 108 Å². The quantitative estimate of drug-likeness (QED) is 0.841. The van der Waals surface area contributed by atoms with Gasteiger partial charge in [-0.2, -0.15) is 13.2 Å². The summed E-state index contributed by atoms with van der Waals surface area (Å²) in [5, 5.41) is 3.39. The van der Waals surface area contributed by atoms with Crippen LogP contribution >= 0.6 is 0 Å². The maximum absolute atomic E-state index is 12.6. The van der Waals surface area contributed by atoms with Crippen LogP contribution in [0.15, 0.2) is 0 Å². The van der Waals surface area contributed by atoms with Crippen molar-refractivity contribution in [3.05, 3.63) is 0 Å². The van der Waals surface area contributed by atoms with Crippen LogP contribution in [0, 0.1) is 11.8 Å². The molecule has 0 aromatic carbocycles. The Bertz CT molecular complexity index is 253. The fourth-order valence-electron chi connectivity index (χ4n) is 2.55. The second-order valence-electron chi connectivity index (χ2n) is 5.76. The molecule has 0 aliphatic carbocycles. The SMILES string of the molecule is CCC(C)C1CNC(C(C)C)CN1CC(F)(F)F. The van der Waals surface area contributed by atoms with E-state index in [4.69, 9.17) is 0 Å². The topological polar surface area (TPSA) is 15.3 Å². The number of hydrogen-bond donors (Lipinski definition) is 1. The first-order valence-electron chi connectivity index (χ1n) is 6.78. The average molecular weight is 266 g/mol. The highest BCUT2D eigenvalue weighted by atomic mass is 19.4. The molecule has 1 N–H and O–H groups in total. The van der Waals surface area contributed by atoms with Crippen molar-refractivity contribution in [2.75, 3.05) is 19.6 Å². The predicted octanol–water partition coefficient (Wildman–Crippen LogP) is 2.89. The summed E-state index contributed by atoms with van der Waals surface area (Å²) in [6.45, 7) is 8.53. The van der Waals surface area contributed by atoms with Crippen LogP contribution in [-0.4, -0.2) is 42.8 Å². The van der Waals surface area contributed by atoms with Crippen molar-refractivity contribution in [2.45, 2.75) is 52.4 Å². The Balaban J connectivity index is 2.73. The van der Waals surface area contributed by atoms with Gasteiger partial charge in [0.15, 0.2) is 0 Å². The van der Waals surface area contributed by atoms with Gasteiger partial charge in [-0.1, -0.05) is 34.1 Å². The lowest BCUT2D eigenvalue weighted by Crippen LogP contribution is -2.61. The van der Waals surface area contributed by atoms with Crippen molar-refractivity contribution in [1.29, 1.82) is 0 Å². The number of nitrogens with zero attached hydrogens (tertiary/aromatic N) is 1. The van der Waals surface area contributed by atoms with E-state index < -0.39 is 12.7 Å². The molecule has 3 unspecified atom stereocenters. The highest BCUT2D eigenvalue weighted by Crippen LogP contribution is 2.25. The third kappa shape index (κ3) is 4.43. The van der Waals surface area contributed by atoms with Crippen molar-refractivity contribution in [2.24, 2.45) is 11.8 Å². The minimum absolute atomic E-state index is 0.00775. The van der Waals surface area contributed by atoms with Gasteiger partial charge in [-0.25, -0.2) is 0 Å². The largest absolute Gasteiger partial charge is 0.401 e. The Kier molecular flexibility index (Phi) is 5.46. The number of alkyl halides is 3. The lowest BCUT2D eigenvalue weighted by atomic mass is 9.92. The van der Waals surface area contributed by atoms with Crippen LogP contribution in [0.25, 0.3) is 0 Å². The summed E-state index contributed by atoms with van der Waals surface area (Å²) in [4.78, 5) is 1.62. The maximum atomic E-state index is 12.6. The number of nitrogens with one attached hydrogen (secondary N) is 1. The summed E-state index contributed by atoms with van der Waals surface area (Å²) in [6.07, 6.45) is -3.20. The van der Waals surface area contributed by atoms with Crippen LogP contribution in [-0.2, 0) is 0 Å². The second kappa shape index (κ2) is 6.24. The van der Waals surface area contributed by atoms with E-state index in [1.54, 1.807) is 4.90 Å². The highest BCUT2D eigenvalue weighted by Gasteiger charge is 2.39. The molecule has 0 radical (unpaired) electrons. The highest BCUT2D eigenvalue weighted by molar-refractivity contribution is 4.90. The Morgan fingerprint density at radius 1 is 1.28 bits per heavy atom. The van der Waals surface area contributed by atoms with Crippen molar-refractivity contribution in [1.82, 2.24) is 10.2 Å². The van der Waals surface area contributed by atoms with Crippen LogP contribution in [0.3, 0.4) is 0 Å². The first kappa shape index (κ1) is 15.8. The molecular formula is C13H25F3N2. The zero-order valence-electron chi connectivity index (χ0n) is 11.7. The van der Waals surface area contributed by atoms with Gasteiger partial charge >= 0.3 is 6.18 Å². The van der Waals surface area contributed by atoms with E-state index in [1.807, 2.05) is 27.7 Å². The van der Waals surface area contributed by atoms with E-state index in [1.165, 1.54) is 0 Å². The van der Waals surface area contributed by atoms with E-state index in [9.17, 15) is 13.2 Å². The zero-order chi connectivity index (χ0) is 13.9. The van der Waals surface area contributed by atoms with E-state index in [0.29, 0.717) is 19.0 Å². The average Bonchev–Trinajstić information content (AvgIpc) is 2.25. The monoisotopic (exact) mass is 266 g/mol. The molecule has 3 atom stereocenters. The molecule has 1 rings (SSSR count). The summed E-state index contributed by atoms with van der Waals surface area (Å²) >= 11 is 0. The lowest BCUT2D eigenvalue weighted by Gasteiger charge is -2.44. The maximum Gasteiger partial charge on any atom is 0.401 e. The van der Waals surface area contributed by atoms with E-state index in [2.05, 4.69) is 5.32 Å². The smallest absolute Gasteiger partial charge is 0.311 e. The fourth-order valence-corrected chi connectivity index (χ4v) is 2.55. The van der Waals surface area contributed by atoms with Gasteiger partial charge in [0.2, 0.25) is 0 Å². The molecule has 0 spiro atoms. The second-order valence-corrected chi connectivity index (χ2v) is 5.76. The van der Waals surface area contributed by atoms with Gasteiger partial charge in [0.05, 0.1) is 6.54 Å². The third-order valence-corrected chi connectivity index (χ3v) is 3.98. The molecule has 0 bridgehead atoms. The Hall–Kier alpha value is -0.290. The fraction of sp³-hybridized carbons (Fsp3) is 1.00. The molecular weight excluding hydrogens is 241 g/mol. The molecule has 5 heteroatoms. The van der Waals surface area contributed by atoms with Crippen LogP contribution in [0.1, 0.15) is 34.1 Å².